The van der Waals surface area contributed by atoms with Crippen LogP contribution in [0, 0.1) is 0 Å². The van der Waals surface area contributed by atoms with E-state index in [1.165, 1.54) is 5.56 Å². The molecule has 1 unspecified atom stereocenters. The van der Waals surface area contributed by atoms with Crippen LogP contribution < -0.4 is 10.1 Å². The molecule has 7 nitrogen and oxygen atoms in total. The molecule has 1 aromatic heterocycles. The fourth-order valence-corrected chi connectivity index (χ4v) is 3.65. The molecule has 8 heteroatoms. The van der Waals surface area contributed by atoms with Crippen LogP contribution in [0.1, 0.15) is 31.4 Å². The van der Waals surface area contributed by atoms with Crippen LogP contribution in [0.3, 0.4) is 0 Å². The Morgan fingerprint density at radius 3 is 2.53 bits per heavy atom. The summed E-state index contributed by atoms with van der Waals surface area (Å²) < 4.78 is 7.98. The molecule has 166 valence electrons. The van der Waals surface area contributed by atoms with Gasteiger partial charge in [0.25, 0.3) is 0 Å². The van der Waals surface area contributed by atoms with Crippen molar-refractivity contribution >= 4 is 29.9 Å². The molecule has 1 N–H and O–H groups in total. The van der Waals surface area contributed by atoms with Crippen LogP contribution in [0.2, 0.25) is 0 Å². The Balaban J connectivity index is 0.00000320. The molecule has 30 heavy (non-hydrogen) atoms. The third kappa shape index (κ3) is 6.87. The second kappa shape index (κ2) is 12.1. The lowest BCUT2D eigenvalue weighted by Gasteiger charge is -2.34. The maximum Gasteiger partial charge on any atom is 0.193 e. The number of likely N-dealkylation sites (N-methyl/N-ethyl adjacent to an activating group) is 1. The maximum atomic E-state index is 6.13. The lowest BCUT2D eigenvalue weighted by atomic mass is 10.1. The van der Waals surface area contributed by atoms with Crippen molar-refractivity contribution in [3.05, 3.63) is 48.3 Å². The molecule has 1 aliphatic rings. The first kappa shape index (κ1) is 24.5. The van der Waals surface area contributed by atoms with E-state index in [-0.39, 0.29) is 36.1 Å². The number of nitrogens with zero attached hydrogens (tertiary/aromatic N) is 5. The monoisotopic (exact) mass is 526 g/mol. The number of aliphatic imine (C=N–C) groups is 1. The van der Waals surface area contributed by atoms with Crippen LogP contribution >= 0.6 is 24.0 Å². The van der Waals surface area contributed by atoms with Crippen molar-refractivity contribution in [3.63, 3.8) is 0 Å². The van der Waals surface area contributed by atoms with Crippen molar-refractivity contribution in [1.82, 2.24) is 24.9 Å². The largest absolute Gasteiger partial charge is 0.490 e. The van der Waals surface area contributed by atoms with E-state index in [1.54, 1.807) is 0 Å². The zero-order chi connectivity index (χ0) is 20.6. The summed E-state index contributed by atoms with van der Waals surface area (Å²) >= 11 is 0. The lowest BCUT2D eigenvalue weighted by Crippen LogP contribution is -2.47. The highest BCUT2D eigenvalue weighted by Crippen LogP contribution is 2.20. The highest BCUT2D eigenvalue weighted by Gasteiger charge is 2.23. The van der Waals surface area contributed by atoms with Gasteiger partial charge in [0.05, 0.1) is 18.8 Å². The zero-order valence-corrected chi connectivity index (χ0v) is 20.8. The summed E-state index contributed by atoms with van der Waals surface area (Å²) in [7, 11) is 6.13. The summed E-state index contributed by atoms with van der Waals surface area (Å²) in [4.78, 5) is 9.52. The van der Waals surface area contributed by atoms with Crippen molar-refractivity contribution in [2.45, 2.75) is 31.9 Å². The van der Waals surface area contributed by atoms with E-state index < -0.39 is 0 Å². The van der Waals surface area contributed by atoms with E-state index in [2.05, 4.69) is 47.4 Å². The van der Waals surface area contributed by atoms with Gasteiger partial charge in [-0.1, -0.05) is 18.2 Å². The van der Waals surface area contributed by atoms with Gasteiger partial charge in [0.15, 0.2) is 5.96 Å². The number of hydrogen-bond donors (Lipinski definition) is 1. The van der Waals surface area contributed by atoms with Gasteiger partial charge in [-0.3, -0.25) is 9.67 Å². The predicted octanol–water partition coefficient (Wildman–Crippen LogP) is 3.15. The first-order valence-corrected chi connectivity index (χ1v) is 10.5. The first-order chi connectivity index (χ1) is 14.1. The van der Waals surface area contributed by atoms with Crippen molar-refractivity contribution < 1.29 is 4.74 Å². The second-order valence-electron chi connectivity index (χ2n) is 7.74. The number of ether oxygens (including phenoxy) is 1. The Hall–Kier alpha value is -1.81. The molecule has 0 bridgehead atoms. The Labute approximate surface area is 197 Å². The maximum absolute atomic E-state index is 6.13. The normalized spacial score (nSPS) is 16.3. The van der Waals surface area contributed by atoms with Crippen molar-refractivity contribution in [1.29, 1.82) is 0 Å². The SMILES string of the molecule is CCNC(=NCC(c1cnn(C)c1)N(C)C)N1CCC(Oc2ccccc2)CC1.I. The number of rotatable bonds is 7. The van der Waals surface area contributed by atoms with Gasteiger partial charge in [0.1, 0.15) is 11.9 Å². The van der Waals surface area contributed by atoms with Crippen LogP contribution in [-0.4, -0.2) is 71.9 Å². The highest BCUT2D eigenvalue weighted by molar-refractivity contribution is 14.0. The predicted molar refractivity (Wildman–Crippen MR) is 133 cm³/mol. The fraction of sp³-hybridized carbons (Fsp3) is 0.545. The van der Waals surface area contributed by atoms with E-state index in [9.17, 15) is 0 Å². The summed E-state index contributed by atoms with van der Waals surface area (Å²) in [6.07, 6.45) is 6.26. The summed E-state index contributed by atoms with van der Waals surface area (Å²) in [5, 5.41) is 7.78. The molecule has 1 fully saturated rings. The molecule has 1 aromatic carbocycles. The van der Waals surface area contributed by atoms with Gasteiger partial charge in [-0.05, 0) is 33.2 Å². The minimum absolute atomic E-state index is 0. The van der Waals surface area contributed by atoms with Gasteiger partial charge < -0.3 is 19.9 Å². The summed E-state index contributed by atoms with van der Waals surface area (Å²) in [5.41, 5.74) is 1.19. The number of benzene rings is 1. The van der Waals surface area contributed by atoms with E-state index in [1.807, 2.05) is 48.3 Å². The lowest BCUT2D eigenvalue weighted by molar-refractivity contribution is 0.129. The summed E-state index contributed by atoms with van der Waals surface area (Å²) in [5.74, 6) is 1.94. The fourth-order valence-electron chi connectivity index (χ4n) is 3.65. The molecule has 1 saturated heterocycles. The number of aryl methyl sites for hydroxylation is 1. The third-order valence-corrected chi connectivity index (χ3v) is 5.27. The number of nitrogens with one attached hydrogen (secondary N) is 1. The van der Waals surface area contributed by atoms with Crippen LogP contribution in [-0.2, 0) is 7.05 Å². The zero-order valence-electron chi connectivity index (χ0n) is 18.5. The van der Waals surface area contributed by atoms with Gasteiger partial charge >= 0.3 is 0 Å². The topological polar surface area (TPSA) is 57.9 Å². The van der Waals surface area contributed by atoms with Crippen molar-refractivity contribution in [2.75, 3.05) is 40.3 Å². The van der Waals surface area contributed by atoms with Crippen molar-refractivity contribution in [2.24, 2.45) is 12.0 Å². The molecule has 3 rings (SSSR count). The Kier molecular flexibility index (Phi) is 9.90. The quantitative estimate of drug-likeness (QED) is 0.342. The molecule has 2 heterocycles. The number of piperidine rings is 1. The van der Waals surface area contributed by atoms with E-state index in [0.29, 0.717) is 6.54 Å². The standard InChI is InChI=1S/C22H34N6O.HI/c1-5-23-22(24-16-21(26(2)3)18-15-25-27(4)17-18)28-13-11-20(12-14-28)29-19-9-7-6-8-10-19;/h6-10,15,17,20-21H,5,11-14,16H2,1-4H3,(H,23,24);1H. The molecular weight excluding hydrogens is 491 g/mol. The van der Waals surface area contributed by atoms with Crippen LogP contribution in [0.15, 0.2) is 47.7 Å². The Morgan fingerprint density at radius 2 is 1.97 bits per heavy atom. The van der Waals surface area contributed by atoms with Crippen LogP contribution in [0.4, 0.5) is 0 Å². The number of para-hydroxylation sites is 1. The third-order valence-electron chi connectivity index (χ3n) is 5.27. The Bertz CT molecular complexity index is 771. The molecular formula is C22H35IN6O. The first-order valence-electron chi connectivity index (χ1n) is 10.5. The van der Waals surface area contributed by atoms with Crippen LogP contribution in [0.25, 0.3) is 0 Å². The Morgan fingerprint density at radius 1 is 1.27 bits per heavy atom. The molecule has 2 aromatic rings. The van der Waals surface area contributed by atoms with Crippen LogP contribution in [0.5, 0.6) is 5.75 Å². The van der Waals surface area contributed by atoms with Gasteiger partial charge in [0.2, 0.25) is 0 Å². The smallest absolute Gasteiger partial charge is 0.193 e. The molecule has 0 spiro atoms. The van der Waals surface area contributed by atoms with E-state index >= 15 is 0 Å². The van der Waals surface area contributed by atoms with Gasteiger partial charge in [-0.25, -0.2) is 0 Å². The number of halogens is 1. The summed E-state index contributed by atoms with van der Waals surface area (Å²) in [6, 6.07) is 10.3. The summed E-state index contributed by atoms with van der Waals surface area (Å²) in [6.45, 7) is 5.57. The highest BCUT2D eigenvalue weighted by atomic mass is 127. The molecule has 0 saturated carbocycles. The average Bonchev–Trinajstić information content (AvgIpc) is 3.14. The minimum atomic E-state index is 0. The van der Waals surface area contributed by atoms with E-state index in [4.69, 9.17) is 9.73 Å². The number of guanidine groups is 1. The minimum Gasteiger partial charge on any atom is -0.490 e. The van der Waals surface area contributed by atoms with Crippen molar-refractivity contribution in [3.8, 4) is 5.75 Å². The average molecular weight is 526 g/mol. The number of hydrogen-bond acceptors (Lipinski definition) is 4. The molecule has 0 radical (unpaired) electrons. The number of aromatic nitrogens is 2. The second-order valence-corrected chi connectivity index (χ2v) is 7.74. The van der Waals surface area contributed by atoms with Gasteiger partial charge in [0, 0.05) is 51.3 Å². The molecule has 1 atom stereocenters. The molecule has 0 aliphatic carbocycles. The van der Waals surface area contributed by atoms with E-state index in [0.717, 1.165) is 44.2 Å². The van der Waals surface area contributed by atoms with Gasteiger partial charge in [-0.15, -0.1) is 24.0 Å². The molecule has 1 aliphatic heterocycles. The van der Waals surface area contributed by atoms with Gasteiger partial charge in [-0.2, -0.15) is 5.10 Å². The molecule has 0 amide bonds. The number of likely N-dealkylation sites (tertiary alicyclic amines) is 1.